The molecule has 13 heteroatoms. The van der Waals surface area contributed by atoms with Crippen molar-refractivity contribution in [3.05, 3.63) is 22.7 Å². The van der Waals surface area contributed by atoms with Gasteiger partial charge in [0.1, 0.15) is 18.6 Å². The SMILES string of the molecule is COP(=O)(O)OC[C@@]1(CF)O[C@@H](n2ccc(N)nc2=O)[C@H](F)[C@@H]1O. The van der Waals surface area contributed by atoms with E-state index >= 15 is 0 Å². The molecule has 5 atom stereocenters. The number of phosphoric acid groups is 1. The maximum absolute atomic E-state index is 14.4. The van der Waals surface area contributed by atoms with Crippen LogP contribution in [0.1, 0.15) is 6.23 Å². The van der Waals surface area contributed by atoms with E-state index in [9.17, 15) is 28.1 Å². The van der Waals surface area contributed by atoms with Gasteiger partial charge in [0.05, 0.1) is 6.61 Å². The topological polar surface area (TPSA) is 146 Å². The first-order valence-corrected chi connectivity index (χ1v) is 8.09. The number of alkyl halides is 2. The molecule has 1 aliphatic heterocycles. The number of aliphatic hydroxyl groups excluding tert-OH is 1. The molecule has 2 rings (SSSR count). The lowest BCUT2D eigenvalue weighted by atomic mass is 9.98. The van der Waals surface area contributed by atoms with Crippen molar-refractivity contribution in [2.75, 3.05) is 26.1 Å². The van der Waals surface area contributed by atoms with E-state index in [1.165, 1.54) is 6.07 Å². The van der Waals surface area contributed by atoms with Gasteiger partial charge in [-0.3, -0.25) is 13.6 Å². The van der Waals surface area contributed by atoms with Crippen LogP contribution in [0.15, 0.2) is 17.1 Å². The molecule has 1 aliphatic rings. The molecule has 0 bridgehead atoms. The molecule has 0 radical (unpaired) electrons. The van der Waals surface area contributed by atoms with E-state index in [1.54, 1.807) is 0 Å². The highest BCUT2D eigenvalue weighted by atomic mass is 31.2. The van der Waals surface area contributed by atoms with Gasteiger partial charge < -0.3 is 20.5 Å². The lowest BCUT2D eigenvalue weighted by molar-refractivity contribution is -0.136. The number of phosphoric ester groups is 1. The number of rotatable bonds is 6. The summed E-state index contributed by atoms with van der Waals surface area (Å²) < 4.78 is 53.6. The average Bonchev–Trinajstić information content (AvgIpc) is 2.79. The number of nitrogens with two attached hydrogens (primary N) is 1. The summed E-state index contributed by atoms with van der Waals surface area (Å²) in [7, 11) is -3.64. The quantitative estimate of drug-likeness (QED) is 0.565. The lowest BCUT2D eigenvalue weighted by Crippen LogP contribution is -2.48. The second kappa shape index (κ2) is 6.82. The fourth-order valence-corrected chi connectivity index (χ4v) is 2.65. The van der Waals surface area contributed by atoms with Crippen molar-refractivity contribution in [1.82, 2.24) is 9.55 Å². The van der Waals surface area contributed by atoms with Crippen LogP contribution in [0.25, 0.3) is 0 Å². The largest absolute Gasteiger partial charge is 0.472 e. The van der Waals surface area contributed by atoms with Gasteiger partial charge in [-0.05, 0) is 6.07 Å². The zero-order valence-corrected chi connectivity index (χ0v) is 13.3. The predicted molar refractivity (Wildman–Crippen MR) is 75.4 cm³/mol. The van der Waals surface area contributed by atoms with Crippen molar-refractivity contribution in [3.63, 3.8) is 0 Å². The summed E-state index contributed by atoms with van der Waals surface area (Å²) in [6.07, 6.45) is -4.96. The number of hydrogen-bond donors (Lipinski definition) is 3. The Morgan fingerprint density at radius 1 is 1.62 bits per heavy atom. The van der Waals surface area contributed by atoms with Crippen LogP contribution in [-0.4, -0.2) is 57.8 Å². The second-order valence-electron chi connectivity index (χ2n) is 5.06. The van der Waals surface area contributed by atoms with Crippen molar-refractivity contribution < 1.29 is 37.1 Å². The summed E-state index contributed by atoms with van der Waals surface area (Å²) in [5.74, 6) is -0.119. The molecule has 1 unspecified atom stereocenters. The molecule has 2 heterocycles. The number of hydrogen-bond acceptors (Lipinski definition) is 8. The highest BCUT2D eigenvalue weighted by molar-refractivity contribution is 7.47. The Kier molecular flexibility index (Phi) is 5.37. The van der Waals surface area contributed by atoms with Gasteiger partial charge in [-0.15, -0.1) is 0 Å². The molecule has 0 aliphatic carbocycles. The van der Waals surface area contributed by atoms with Gasteiger partial charge in [-0.2, -0.15) is 4.98 Å². The van der Waals surface area contributed by atoms with E-state index in [0.717, 1.165) is 13.3 Å². The summed E-state index contributed by atoms with van der Waals surface area (Å²) in [6.45, 7) is -2.44. The monoisotopic (exact) mass is 371 g/mol. The molecule has 0 amide bonds. The number of anilines is 1. The van der Waals surface area contributed by atoms with Crippen LogP contribution in [0.4, 0.5) is 14.6 Å². The number of nitrogens with zero attached hydrogens (tertiary/aromatic N) is 2. The molecule has 0 aromatic carbocycles. The Labute approximate surface area is 134 Å². The number of nitrogen functional groups attached to an aromatic ring is 1. The average molecular weight is 371 g/mol. The normalized spacial score (nSPS) is 32.6. The Balaban J connectivity index is 2.29. The van der Waals surface area contributed by atoms with E-state index in [2.05, 4.69) is 14.0 Å². The second-order valence-corrected chi connectivity index (χ2v) is 6.62. The molecule has 0 saturated carbocycles. The standard InChI is InChI=1S/C11H16F2N3O7P/c1-21-24(19,20)22-5-11(4-12)8(17)7(13)9(23-11)16-3-2-6(14)15-10(16)18/h2-3,7-9,17H,4-5H2,1H3,(H,19,20)(H2,14,15,18)/t7-,8+,9-,11-/m1/s1. The first kappa shape index (κ1) is 18.9. The van der Waals surface area contributed by atoms with Crippen LogP contribution in [0.3, 0.4) is 0 Å². The van der Waals surface area contributed by atoms with Crippen LogP contribution in [-0.2, 0) is 18.3 Å². The molecule has 1 aromatic rings. The number of ether oxygens (including phenoxy) is 1. The molecule has 4 N–H and O–H groups in total. The maximum atomic E-state index is 14.4. The fourth-order valence-electron chi connectivity index (χ4n) is 2.16. The molecule has 10 nitrogen and oxygen atoms in total. The van der Waals surface area contributed by atoms with E-state index in [4.69, 9.17) is 10.5 Å². The van der Waals surface area contributed by atoms with Crippen molar-refractivity contribution in [1.29, 1.82) is 0 Å². The van der Waals surface area contributed by atoms with Crippen molar-refractivity contribution >= 4 is 13.6 Å². The van der Waals surface area contributed by atoms with Crippen molar-refractivity contribution in [2.24, 2.45) is 0 Å². The summed E-state index contributed by atoms with van der Waals surface area (Å²) in [5, 5.41) is 9.96. The third-order valence-corrected chi connectivity index (χ3v) is 4.44. The van der Waals surface area contributed by atoms with Crippen LogP contribution in [0.2, 0.25) is 0 Å². The van der Waals surface area contributed by atoms with Gasteiger partial charge in [0, 0.05) is 13.3 Å². The van der Waals surface area contributed by atoms with E-state index in [-0.39, 0.29) is 5.82 Å². The van der Waals surface area contributed by atoms with Gasteiger partial charge in [-0.1, -0.05) is 0 Å². The van der Waals surface area contributed by atoms with Gasteiger partial charge in [0.15, 0.2) is 18.0 Å². The highest BCUT2D eigenvalue weighted by Crippen LogP contribution is 2.46. The number of aromatic nitrogens is 2. The van der Waals surface area contributed by atoms with Crippen LogP contribution in [0, 0.1) is 0 Å². The van der Waals surface area contributed by atoms with Crippen molar-refractivity contribution in [3.8, 4) is 0 Å². The summed E-state index contributed by atoms with van der Waals surface area (Å²) >= 11 is 0. The molecule has 0 spiro atoms. The van der Waals surface area contributed by atoms with Crippen LogP contribution < -0.4 is 11.4 Å². The molecule has 1 fully saturated rings. The van der Waals surface area contributed by atoms with Gasteiger partial charge >= 0.3 is 13.5 Å². The van der Waals surface area contributed by atoms with E-state index < -0.39 is 50.9 Å². The van der Waals surface area contributed by atoms with Crippen LogP contribution >= 0.6 is 7.82 Å². The van der Waals surface area contributed by atoms with Gasteiger partial charge in [0.25, 0.3) is 0 Å². The van der Waals surface area contributed by atoms with Crippen LogP contribution in [0.5, 0.6) is 0 Å². The minimum Gasteiger partial charge on any atom is -0.387 e. The van der Waals surface area contributed by atoms with E-state index in [0.29, 0.717) is 4.57 Å². The summed E-state index contributed by atoms with van der Waals surface area (Å²) in [6, 6.07) is 1.18. The Bertz CT molecular complexity index is 704. The maximum Gasteiger partial charge on any atom is 0.472 e. The highest BCUT2D eigenvalue weighted by Gasteiger charge is 2.57. The third-order valence-electron chi connectivity index (χ3n) is 3.52. The summed E-state index contributed by atoms with van der Waals surface area (Å²) in [4.78, 5) is 24.3. The van der Waals surface area contributed by atoms with Gasteiger partial charge in [0.2, 0.25) is 0 Å². The molecular formula is C11H16F2N3O7P. The molecule has 1 saturated heterocycles. The van der Waals surface area contributed by atoms with E-state index in [1.807, 2.05) is 0 Å². The minimum atomic E-state index is -4.51. The molecule has 1 aromatic heterocycles. The van der Waals surface area contributed by atoms with Gasteiger partial charge in [-0.25, -0.2) is 18.1 Å². The fraction of sp³-hybridized carbons (Fsp3) is 0.636. The zero-order chi connectivity index (χ0) is 18.1. The smallest absolute Gasteiger partial charge is 0.387 e. The molecule has 24 heavy (non-hydrogen) atoms. The Hall–Kier alpha value is -1.43. The van der Waals surface area contributed by atoms with Crippen molar-refractivity contribution in [2.45, 2.75) is 24.1 Å². The third kappa shape index (κ3) is 3.48. The molecule has 136 valence electrons. The summed E-state index contributed by atoms with van der Waals surface area (Å²) in [5.41, 5.74) is 2.04. The number of halogens is 2. The first-order chi connectivity index (χ1) is 11.2. The Morgan fingerprint density at radius 2 is 2.29 bits per heavy atom. The minimum absolute atomic E-state index is 0.119. The lowest BCUT2D eigenvalue weighted by Gasteiger charge is -2.28. The first-order valence-electron chi connectivity index (χ1n) is 6.59. The Morgan fingerprint density at radius 3 is 2.83 bits per heavy atom. The molecular weight excluding hydrogens is 355 g/mol. The predicted octanol–water partition coefficient (Wildman–Crippen LogP) is -0.475. The zero-order valence-electron chi connectivity index (χ0n) is 12.4. The number of aliphatic hydroxyl groups is 1.